The SMILES string of the molecule is COCc1ccc(C(=O)NC(C)c2ccc(OC(C)C)cc2)cc1. The fourth-order valence-corrected chi connectivity index (χ4v) is 2.39. The fourth-order valence-electron chi connectivity index (χ4n) is 2.39. The summed E-state index contributed by atoms with van der Waals surface area (Å²) in [4.78, 5) is 12.3. The van der Waals surface area contributed by atoms with Gasteiger partial charge in [-0.3, -0.25) is 4.79 Å². The zero-order valence-electron chi connectivity index (χ0n) is 14.7. The molecule has 2 rings (SSSR count). The molecule has 4 nitrogen and oxygen atoms in total. The predicted octanol–water partition coefficient (Wildman–Crippen LogP) is 4.11. The van der Waals surface area contributed by atoms with Crippen LogP contribution in [0.3, 0.4) is 0 Å². The molecule has 0 aromatic heterocycles. The Bertz CT molecular complexity index is 648. The normalized spacial score (nSPS) is 12.0. The molecule has 1 N–H and O–H groups in total. The Morgan fingerprint density at radius 1 is 1.00 bits per heavy atom. The number of hydrogen-bond acceptors (Lipinski definition) is 3. The quantitative estimate of drug-likeness (QED) is 0.832. The third-order valence-corrected chi connectivity index (χ3v) is 3.63. The van der Waals surface area contributed by atoms with Crippen molar-refractivity contribution in [3.05, 3.63) is 65.2 Å². The van der Waals surface area contributed by atoms with Crippen LogP contribution in [0.5, 0.6) is 5.75 Å². The summed E-state index contributed by atoms with van der Waals surface area (Å²) in [6.45, 7) is 6.50. The molecule has 0 aliphatic heterocycles. The summed E-state index contributed by atoms with van der Waals surface area (Å²) >= 11 is 0. The van der Waals surface area contributed by atoms with Gasteiger partial charge in [0.15, 0.2) is 0 Å². The average Bonchev–Trinajstić information content (AvgIpc) is 2.56. The van der Waals surface area contributed by atoms with Crippen molar-refractivity contribution < 1.29 is 14.3 Å². The van der Waals surface area contributed by atoms with E-state index in [2.05, 4.69) is 5.32 Å². The molecular formula is C20H25NO3. The minimum Gasteiger partial charge on any atom is -0.491 e. The van der Waals surface area contributed by atoms with E-state index in [1.807, 2.05) is 69.3 Å². The van der Waals surface area contributed by atoms with Crippen LogP contribution in [-0.2, 0) is 11.3 Å². The number of benzene rings is 2. The van der Waals surface area contributed by atoms with Gasteiger partial charge in [-0.15, -0.1) is 0 Å². The minimum atomic E-state index is -0.0889. The van der Waals surface area contributed by atoms with E-state index in [0.717, 1.165) is 16.9 Å². The number of carbonyl (C=O) groups is 1. The number of nitrogens with one attached hydrogen (secondary N) is 1. The monoisotopic (exact) mass is 327 g/mol. The average molecular weight is 327 g/mol. The van der Waals surface area contributed by atoms with Crippen molar-refractivity contribution in [2.45, 2.75) is 39.5 Å². The van der Waals surface area contributed by atoms with Crippen LogP contribution in [0.2, 0.25) is 0 Å². The van der Waals surface area contributed by atoms with Gasteiger partial charge >= 0.3 is 0 Å². The van der Waals surface area contributed by atoms with E-state index in [1.165, 1.54) is 0 Å². The van der Waals surface area contributed by atoms with Crippen LogP contribution in [0.25, 0.3) is 0 Å². The second kappa shape index (κ2) is 8.50. The highest BCUT2D eigenvalue weighted by atomic mass is 16.5. The number of rotatable bonds is 7. The van der Waals surface area contributed by atoms with Crippen LogP contribution in [-0.4, -0.2) is 19.1 Å². The first-order valence-corrected chi connectivity index (χ1v) is 8.15. The molecule has 0 bridgehead atoms. The maximum atomic E-state index is 12.3. The van der Waals surface area contributed by atoms with E-state index in [-0.39, 0.29) is 18.1 Å². The summed E-state index contributed by atoms with van der Waals surface area (Å²) in [5.41, 5.74) is 2.72. The van der Waals surface area contributed by atoms with Gasteiger partial charge in [0, 0.05) is 12.7 Å². The summed E-state index contributed by atoms with van der Waals surface area (Å²) in [5, 5.41) is 3.01. The molecule has 2 aromatic rings. The zero-order chi connectivity index (χ0) is 17.5. The second-order valence-corrected chi connectivity index (χ2v) is 6.06. The zero-order valence-corrected chi connectivity index (χ0v) is 14.7. The summed E-state index contributed by atoms with van der Waals surface area (Å²) < 4.78 is 10.7. The molecule has 128 valence electrons. The lowest BCUT2D eigenvalue weighted by Crippen LogP contribution is -2.26. The highest BCUT2D eigenvalue weighted by Crippen LogP contribution is 2.19. The Hall–Kier alpha value is -2.33. The maximum Gasteiger partial charge on any atom is 0.251 e. The molecule has 4 heteroatoms. The topological polar surface area (TPSA) is 47.6 Å². The molecule has 0 aliphatic carbocycles. The first-order valence-electron chi connectivity index (χ1n) is 8.15. The number of ether oxygens (including phenoxy) is 2. The van der Waals surface area contributed by atoms with Gasteiger partial charge in [0.2, 0.25) is 0 Å². The number of amides is 1. The third kappa shape index (κ3) is 5.10. The molecule has 0 fully saturated rings. The number of methoxy groups -OCH3 is 1. The van der Waals surface area contributed by atoms with Crippen LogP contribution < -0.4 is 10.1 Å². The van der Waals surface area contributed by atoms with Gasteiger partial charge < -0.3 is 14.8 Å². The lowest BCUT2D eigenvalue weighted by molar-refractivity contribution is 0.0940. The molecule has 24 heavy (non-hydrogen) atoms. The summed E-state index contributed by atoms with van der Waals surface area (Å²) in [7, 11) is 1.65. The highest BCUT2D eigenvalue weighted by molar-refractivity contribution is 5.94. The van der Waals surface area contributed by atoms with Crippen molar-refractivity contribution in [3.63, 3.8) is 0 Å². The maximum absolute atomic E-state index is 12.3. The van der Waals surface area contributed by atoms with Crippen LogP contribution >= 0.6 is 0 Å². The second-order valence-electron chi connectivity index (χ2n) is 6.06. The Balaban J connectivity index is 1.97. The highest BCUT2D eigenvalue weighted by Gasteiger charge is 2.11. The summed E-state index contributed by atoms with van der Waals surface area (Å²) in [6.07, 6.45) is 0.147. The Kier molecular flexibility index (Phi) is 6.38. The first kappa shape index (κ1) is 18.0. The molecule has 0 heterocycles. The molecule has 0 aliphatic rings. The summed E-state index contributed by atoms with van der Waals surface area (Å²) in [6, 6.07) is 15.2. The van der Waals surface area contributed by atoms with E-state index < -0.39 is 0 Å². The molecule has 0 saturated heterocycles. The van der Waals surface area contributed by atoms with Crippen LogP contribution in [0.4, 0.5) is 0 Å². The summed E-state index contributed by atoms with van der Waals surface area (Å²) in [5.74, 6) is 0.745. The Morgan fingerprint density at radius 2 is 1.62 bits per heavy atom. The molecule has 0 radical (unpaired) electrons. The van der Waals surface area contributed by atoms with Crippen LogP contribution in [0.15, 0.2) is 48.5 Å². The minimum absolute atomic E-state index is 0.0794. The van der Waals surface area contributed by atoms with Gasteiger partial charge in [-0.1, -0.05) is 24.3 Å². The van der Waals surface area contributed by atoms with Gasteiger partial charge in [0.25, 0.3) is 5.91 Å². The van der Waals surface area contributed by atoms with Crippen molar-refractivity contribution in [2.24, 2.45) is 0 Å². The molecule has 1 unspecified atom stereocenters. The lowest BCUT2D eigenvalue weighted by Gasteiger charge is -2.16. The van der Waals surface area contributed by atoms with Crippen molar-refractivity contribution in [2.75, 3.05) is 7.11 Å². The number of carbonyl (C=O) groups excluding carboxylic acids is 1. The van der Waals surface area contributed by atoms with E-state index >= 15 is 0 Å². The van der Waals surface area contributed by atoms with Crippen molar-refractivity contribution in [1.82, 2.24) is 5.32 Å². The first-order chi connectivity index (χ1) is 11.5. The van der Waals surface area contributed by atoms with Gasteiger partial charge in [0.1, 0.15) is 5.75 Å². The van der Waals surface area contributed by atoms with E-state index in [1.54, 1.807) is 7.11 Å². The molecule has 0 spiro atoms. The van der Waals surface area contributed by atoms with Crippen molar-refractivity contribution in [1.29, 1.82) is 0 Å². The van der Waals surface area contributed by atoms with Crippen molar-refractivity contribution >= 4 is 5.91 Å². The molecule has 2 aromatic carbocycles. The van der Waals surface area contributed by atoms with Crippen LogP contribution in [0.1, 0.15) is 48.3 Å². The molecule has 1 atom stereocenters. The lowest BCUT2D eigenvalue weighted by atomic mass is 10.1. The van der Waals surface area contributed by atoms with E-state index in [0.29, 0.717) is 12.2 Å². The van der Waals surface area contributed by atoms with E-state index in [9.17, 15) is 4.79 Å². The largest absolute Gasteiger partial charge is 0.491 e. The molecule has 0 saturated carbocycles. The standard InChI is InChI=1S/C20H25NO3/c1-14(2)24-19-11-9-17(10-12-19)15(3)21-20(22)18-7-5-16(6-8-18)13-23-4/h5-12,14-15H,13H2,1-4H3,(H,21,22). The van der Waals surface area contributed by atoms with Crippen molar-refractivity contribution in [3.8, 4) is 5.75 Å². The van der Waals surface area contributed by atoms with Gasteiger partial charge in [0.05, 0.1) is 18.8 Å². The Labute approximate surface area is 143 Å². The molecule has 1 amide bonds. The fraction of sp³-hybridized carbons (Fsp3) is 0.350. The third-order valence-electron chi connectivity index (χ3n) is 3.63. The van der Waals surface area contributed by atoms with Gasteiger partial charge in [-0.2, -0.15) is 0 Å². The Morgan fingerprint density at radius 3 is 2.17 bits per heavy atom. The van der Waals surface area contributed by atoms with Gasteiger partial charge in [-0.25, -0.2) is 0 Å². The number of hydrogen-bond donors (Lipinski definition) is 1. The van der Waals surface area contributed by atoms with Gasteiger partial charge in [-0.05, 0) is 56.2 Å². The molecular weight excluding hydrogens is 302 g/mol. The van der Waals surface area contributed by atoms with E-state index in [4.69, 9.17) is 9.47 Å². The predicted molar refractivity (Wildman–Crippen MR) is 95.2 cm³/mol. The smallest absolute Gasteiger partial charge is 0.251 e. The van der Waals surface area contributed by atoms with Crippen LogP contribution in [0, 0.1) is 0 Å².